The van der Waals surface area contributed by atoms with Gasteiger partial charge in [0.1, 0.15) is 23.6 Å². The molecule has 6 nitrogen and oxygen atoms in total. The van der Waals surface area contributed by atoms with Crippen LogP contribution in [-0.4, -0.2) is 54.6 Å². The number of rotatable bonds is 5. The first-order chi connectivity index (χ1) is 11.6. The lowest BCUT2D eigenvalue weighted by molar-refractivity contribution is 0.0599. The molecule has 1 aromatic heterocycles. The lowest BCUT2D eigenvalue weighted by Crippen LogP contribution is -2.47. The molecule has 1 N–H and O–H groups in total. The number of aliphatic imine (C=N–C) groups is 1. The van der Waals surface area contributed by atoms with Crippen molar-refractivity contribution in [2.75, 3.05) is 32.5 Å². The van der Waals surface area contributed by atoms with E-state index < -0.39 is 0 Å². The van der Waals surface area contributed by atoms with Crippen LogP contribution in [0.15, 0.2) is 15.5 Å². The Labute approximate surface area is 171 Å². The van der Waals surface area contributed by atoms with Gasteiger partial charge in [0.05, 0.1) is 7.11 Å². The highest BCUT2D eigenvalue weighted by molar-refractivity contribution is 14.0. The second-order valence-electron chi connectivity index (χ2n) is 5.69. The summed E-state index contributed by atoms with van der Waals surface area (Å²) in [5.41, 5.74) is 0.466. The Bertz CT molecular complexity index is 592. The zero-order valence-electron chi connectivity index (χ0n) is 15.3. The maximum Gasteiger partial charge on any atom is 0.341 e. The molecule has 0 aliphatic carbocycles. The monoisotopic (exact) mass is 481 g/mol. The van der Waals surface area contributed by atoms with Gasteiger partial charge in [0.15, 0.2) is 5.96 Å². The van der Waals surface area contributed by atoms with Gasteiger partial charge in [-0.1, -0.05) is 6.92 Å². The highest BCUT2D eigenvalue weighted by Crippen LogP contribution is 2.21. The summed E-state index contributed by atoms with van der Waals surface area (Å²) in [7, 11) is 1.37. The molecular formula is C17H28IN3O3S. The minimum atomic E-state index is -0.378. The Morgan fingerprint density at radius 3 is 2.92 bits per heavy atom. The van der Waals surface area contributed by atoms with Crippen LogP contribution >= 0.6 is 35.7 Å². The van der Waals surface area contributed by atoms with Gasteiger partial charge in [-0.2, -0.15) is 11.8 Å². The molecule has 0 radical (unpaired) electrons. The van der Waals surface area contributed by atoms with E-state index in [0.717, 1.165) is 31.3 Å². The van der Waals surface area contributed by atoms with E-state index in [-0.39, 0.29) is 29.9 Å². The second-order valence-corrected chi connectivity index (χ2v) is 7.10. The van der Waals surface area contributed by atoms with Crippen molar-refractivity contribution in [2.24, 2.45) is 4.99 Å². The van der Waals surface area contributed by atoms with Crippen molar-refractivity contribution in [3.63, 3.8) is 0 Å². The molecule has 2 heterocycles. The lowest BCUT2D eigenvalue weighted by atomic mass is 10.2. The molecule has 142 valence electrons. The summed E-state index contributed by atoms with van der Waals surface area (Å²) < 4.78 is 10.4. The predicted molar refractivity (Wildman–Crippen MR) is 113 cm³/mol. The van der Waals surface area contributed by atoms with Gasteiger partial charge in [0.25, 0.3) is 0 Å². The standard InChI is InChI=1S/C17H27N3O3S.HI/c1-5-14-11-20(7-8-24-14)17(18-6-2)19-10-13-9-15(12(3)23-13)16(21)22-4;/h9,14H,5-8,10-11H2,1-4H3,(H,18,19);1H. The first-order valence-corrected chi connectivity index (χ1v) is 9.46. The fourth-order valence-corrected chi connectivity index (χ4v) is 3.85. The third-order valence-electron chi connectivity index (χ3n) is 3.99. The quantitative estimate of drug-likeness (QED) is 0.302. The van der Waals surface area contributed by atoms with E-state index in [1.54, 1.807) is 13.0 Å². The molecule has 1 saturated heterocycles. The zero-order chi connectivity index (χ0) is 17.5. The SMILES string of the molecule is CCNC(=NCc1cc(C(=O)OC)c(C)o1)N1CCSC(CC)C1.I. The lowest BCUT2D eigenvalue weighted by Gasteiger charge is -2.34. The molecule has 0 spiro atoms. The van der Waals surface area contributed by atoms with Crippen molar-refractivity contribution in [2.45, 2.75) is 39.0 Å². The van der Waals surface area contributed by atoms with E-state index in [4.69, 9.17) is 14.1 Å². The molecule has 1 unspecified atom stereocenters. The highest BCUT2D eigenvalue weighted by atomic mass is 127. The van der Waals surface area contributed by atoms with Crippen molar-refractivity contribution >= 4 is 47.7 Å². The zero-order valence-corrected chi connectivity index (χ0v) is 18.5. The molecule has 0 saturated carbocycles. The van der Waals surface area contributed by atoms with Gasteiger partial charge in [0.2, 0.25) is 0 Å². The van der Waals surface area contributed by atoms with Crippen LogP contribution in [-0.2, 0) is 11.3 Å². The molecule has 1 aliphatic rings. The molecular weight excluding hydrogens is 453 g/mol. The fraction of sp³-hybridized carbons (Fsp3) is 0.647. The summed E-state index contributed by atoms with van der Waals surface area (Å²) in [5.74, 6) is 2.89. The van der Waals surface area contributed by atoms with Crippen molar-refractivity contribution in [3.05, 3.63) is 23.2 Å². The number of carbonyl (C=O) groups excluding carboxylic acids is 1. The van der Waals surface area contributed by atoms with E-state index in [9.17, 15) is 4.79 Å². The number of methoxy groups -OCH3 is 1. The molecule has 1 aliphatic heterocycles. The van der Waals surface area contributed by atoms with Gasteiger partial charge in [-0.15, -0.1) is 24.0 Å². The molecule has 2 rings (SSSR count). The van der Waals surface area contributed by atoms with Crippen molar-refractivity contribution < 1.29 is 13.9 Å². The number of hydrogen-bond donors (Lipinski definition) is 1. The number of hydrogen-bond acceptors (Lipinski definition) is 5. The third kappa shape index (κ3) is 6.09. The van der Waals surface area contributed by atoms with Crippen LogP contribution in [0.2, 0.25) is 0 Å². The van der Waals surface area contributed by atoms with Crippen LogP contribution in [0.4, 0.5) is 0 Å². The van der Waals surface area contributed by atoms with Crippen molar-refractivity contribution in [1.29, 1.82) is 0 Å². The van der Waals surface area contributed by atoms with Crippen LogP contribution in [0.3, 0.4) is 0 Å². The van der Waals surface area contributed by atoms with Crippen molar-refractivity contribution in [1.82, 2.24) is 10.2 Å². The molecule has 0 aromatic carbocycles. The topological polar surface area (TPSA) is 67.1 Å². The van der Waals surface area contributed by atoms with Gasteiger partial charge in [-0.25, -0.2) is 9.79 Å². The largest absolute Gasteiger partial charge is 0.465 e. The van der Waals surface area contributed by atoms with Crippen LogP contribution in [0, 0.1) is 6.92 Å². The number of thioether (sulfide) groups is 1. The molecule has 0 amide bonds. The van der Waals surface area contributed by atoms with Gasteiger partial charge in [0, 0.05) is 30.6 Å². The van der Waals surface area contributed by atoms with Crippen molar-refractivity contribution in [3.8, 4) is 0 Å². The summed E-state index contributed by atoms with van der Waals surface area (Å²) in [6.07, 6.45) is 1.17. The maximum atomic E-state index is 11.7. The fourth-order valence-electron chi connectivity index (χ4n) is 2.67. The van der Waals surface area contributed by atoms with Crippen LogP contribution in [0.25, 0.3) is 0 Å². The van der Waals surface area contributed by atoms with Gasteiger partial charge >= 0.3 is 5.97 Å². The average molecular weight is 481 g/mol. The van der Waals surface area contributed by atoms with E-state index >= 15 is 0 Å². The average Bonchev–Trinajstić information content (AvgIpc) is 2.98. The Morgan fingerprint density at radius 1 is 1.52 bits per heavy atom. The number of aryl methyl sites for hydroxylation is 1. The number of carbonyl (C=O) groups is 1. The Kier molecular flexibility index (Phi) is 9.70. The van der Waals surface area contributed by atoms with Gasteiger partial charge in [-0.3, -0.25) is 0 Å². The van der Waals surface area contributed by atoms with Crippen LogP contribution < -0.4 is 5.32 Å². The Hall–Kier alpha value is -0.900. The summed E-state index contributed by atoms with van der Waals surface area (Å²) in [6.45, 7) is 9.29. The number of halogens is 1. The smallest absolute Gasteiger partial charge is 0.341 e. The number of furan rings is 1. The number of nitrogens with zero attached hydrogens (tertiary/aromatic N) is 2. The van der Waals surface area contributed by atoms with E-state index in [1.807, 2.05) is 11.8 Å². The minimum absolute atomic E-state index is 0. The molecule has 0 bridgehead atoms. The van der Waals surface area contributed by atoms with E-state index in [0.29, 0.717) is 28.9 Å². The van der Waals surface area contributed by atoms with Gasteiger partial charge < -0.3 is 19.4 Å². The number of nitrogens with one attached hydrogen (secondary N) is 1. The number of ether oxygens (including phenoxy) is 1. The van der Waals surface area contributed by atoms with Gasteiger partial charge in [-0.05, 0) is 26.3 Å². The molecule has 1 aromatic rings. The summed E-state index contributed by atoms with van der Waals surface area (Å²) in [6, 6.07) is 1.72. The maximum absolute atomic E-state index is 11.7. The second kappa shape index (κ2) is 10.9. The Balaban J connectivity index is 0.00000312. The van der Waals surface area contributed by atoms with Crippen LogP contribution in [0.5, 0.6) is 0 Å². The first-order valence-electron chi connectivity index (χ1n) is 8.41. The predicted octanol–water partition coefficient (Wildman–Crippen LogP) is 3.29. The summed E-state index contributed by atoms with van der Waals surface area (Å²) in [4.78, 5) is 18.7. The van der Waals surface area contributed by atoms with E-state index in [2.05, 4.69) is 24.1 Å². The number of esters is 1. The summed E-state index contributed by atoms with van der Waals surface area (Å²) >= 11 is 2.03. The molecule has 1 atom stereocenters. The number of guanidine groups is 1. The first kappa shape index (κ1) is 22.1. The minimum Gasteiger partial charge on any atom is -0.465 e. The molecule has 25 heavy (non-hydrogen) atoms. The third-order valence-corrected chi connectivity index (χ3v) is 5.36. The summed E-state index contributed by atoms with van der Waals surface area (Å²) in [5, 5.41) is 4.01. The Morgan fingerprint density at radius 2 is 2.28 bits per heavy atom. The van der Waals surface area contributed by atoms with E-state index in [1.165, 1.54) is 13.5 Å². The highest BCUT2D eigenvalue weighted by Gasteiger charge is 2.22. The van der Waals surface area contributed by atoms with Crippen LogP contribution in [0.1, 0.15) is 42.1 Å². The molecule has 8 heteroatoms. The normalized spacial score (nSPS) is 17.8. The molecule has 1 fully saturated rings.